The van der Waals surface area contributed by atoms with Gasteiger partial charge in [0.05, 0.1) is 22.7 Å². The van der Waals surface area contributed by atoms with Crippen LogP contribution >= 0.6 is 0 Å². The smallest absolute Gasteiger partial charge is 0.242 e. The predicted molar refractivity (Wildman–Crippen MR) is 126 cm³/mol. The molecule has 0 saturated heterocycles. The van der Waals surface area contributed by atoms with E-state index in [-0.39, 0.29) is 17.2 Å². The van der Waals surface area contributed by atoms with E-state index < -0.39 is 10.0 Å². The minimum atomic E-state index is -3.60. The number of anilines is 2. The summed E-state index contributed by atoms with van der Waals surface area (Å²) in [5.41, 5.74) is 9.49. The first-order valence-electron chi connectivity index (χ1n) is 9.84. The molecule has 9 heteroatoms. The number of rotatable bonds is 7. The topological polar surface area (TPSA) is 117 Å². The number of azo groups is 1. The predicted octanol–water partition coefficient (Wildman–Crippen LogP) is 4.42. The quantitative estimate of drug-likeness (QED) is 0.408. The van der Waals surface area contributed by atoms with Crippen LogP contribution in [0, 0.1) is 6.92 Å². The van der Waals surface area contributed by atoms with Gasteiger partial charge in [-0.2, -0.15) is 10.2 Å². The van der Waals surface area contributed by atoms with Crippen LogP contribution in [0.5, 0.6) is 0 Å². The summed E-state index contributed by atoms with van der Waals surface area (Å²) in [5, 5.41) is 11.1. The molecule has 0 heterocycles. The normalized spacial score (nSPS) is 11.8. The monoisotopic (exact) mass is 451 g/mol. The SMILES string of the molecule is Cc1ccc(NC(=O)Cc2ccc(N=Nc3ccc(N)cc3)cc2)cc1S(=O)(=O)N(C)C. The van der Waals surface area contributed by atoms with Gasteiger partial charge in [0.2, 0.25) is 15.9 Å². The molecule has 0 unspecified atom stereocenters. The van der Waals surface area contributed by atoms with Gasteiger partial charge >= 0.3 is 0 Å². The lowest BCUT2D eigenvalue weighted by molar-refractivity contribution is -0.115. The Hall–Kier alpha value is -3.56. The van der Waals surface area contributed by atoms with Crippen LogP contribution < -0.4 is 11.1 Å². The molecule has 0 spiro atoms. The number of hydrogen-bond donors (Lipinski definition) is 2. The summed E-state index contributed by atoms with van der Waals surface area (Å²) in [5.74, 6) is -0.252. The van der Waals surface area contributed by atoms with Gasteiger partial charge in [0.15, 0.2) is 0 Å². The van der Waals surface area contributed by atoms with E-state index in [0.717, 1.165) is 9.87 Å². The van der Waals surface area contributed by atoms with E-state index in [1.54, 1.807) is 67.6 Å². The average molecular weight is 452 g/mol. The van der Waals surface area contributed by atoms with E-state index in [0.29, 0.717) is 28.3 Å². The van der Waals surface area contributed by atoms with Crippen molar-refractivity contribution in [3.8, 4) is 0 Å². The van der Waals surface area contributed by atoms with E-state index in [2.05, 4.69) is 15.5 Å². The highest BCUT2D eigenvalue weighted by atomic mass is 32.2. The Balaban J connectivity index is 1.65. The second kappa shape index (κ2) is 9.71. The Bertz CT molecular complexity index is 1240. The zero-order chi connectivity index (χ0) is 23.3. The molecule has 0 atom stereocenters. The minimum absolute atomic E-state index is 0.138. The van der Waals surface area contributed by atoms with Crippen molar-refractivity contribution in [1.82, 2.24) is 4.31 Å². The Morgan fingerprint density at radius 3 is 2.06 bits per heavy atom. The highest BCUT2D eigenvalue weighted by molar-refractivity contribution is 7.89. The molecule has 0 aliphatic rings. The number of amides is 1. The molecule has 3 N–H and O–H groups in total. The van der Waals surface area contributed by atoms with Crippen molar-refractivity contribution >= 4 is 38.7 Å². The van der Waals surface area contributed by atoms with E-state index in [1.165, 1.54) is 20.2 Å². The number of hydrogen-bond acceptors (Lipinski definition) is 6. The maximum Gasteiger partial charge on any atom is 0.242 e. The maximum atomic E-state index is 12.5. The molecule has 8 nitrogen and oxygen atoms in total. The molecule has 0 radical (unpaired) electrons. The standard InChI is InChI=1S/C23H25N5O3S/c1-16-4-9-21(15-22(16)32(30,31)28(2)3)25-23(29)14-17-5-10-19(11-6-17)26-27-20-12-7-18(24)8-13-20/h4-13,15H,14,24H2,1-3H3,(H,25,29). The van der Waals surface area contributed by atoms with E-state index in [4.69, 9.17) is 5.73 Å². The summed E-state index contributed by atoms with van der Waals surface area (Å²) in [7, 11) is -0.658. The number of nitrogens with one attached hydrogen (secondary N) is 1. The number of sulfonamides is 1. The third kappa shape index (κ3) is 5.77. The number of carbonyl (C=O) groups excluding carboxylic acids is 1. The second-order valence-corrected chi connectivity index (χ2v) is 9.57. The molecular formula is C23H25N5O3S. The van der Waals surface area contributed by atoms with Crippen molar-refractivity contribution in [2.24, 2.45) is 10.2 Å². The van der Waals surface area contributed by atoms with Crippen molar-refractivity contribution < 1.29 is 13.2 Å². The van der Waals surface area contributed by atoms with Gasteiger partial charge in [-0.05, 0) is 66.6 Å². The third-order valence-electron chi connectivity index (χ3n) is 4.71. The molecule has 166 valence electrons. The zero-order valence-corrected chi connectivity index (χ0v) is 18.9. The number of aryl methyl sites for hydroxylation is 1. The largest absolute Gasteiger partial charge is 0.399 e. The summed E-state index contributed by atoms with van der Waals surface area (Å²) in [4.78, 5) is 12.6. The van der Waals surface area contributed by atoms with Crippen molar-refractivity contribution in [3.63, 3.8) is 0 Å². The van der Waals surface area contributed by atoms with Crippen LogP contribution in [0.15, 0.2) is 81.9 Å². The summed E-state index contributed by atoms with van der Waals surface area (Å²) in [6.07, 6.45) is 0.138. The van der Waals surface area contributed by atoms with Gasteiger partial charge in [-0.1, -0.05) is 18.2 Å². The molecule has 0 fully saturated rings. The molecule has 0 aliphatic heterocycles. The molecule has 1 amide bonds. The van der Waals surface area contributed by atoms with E-state index in [1.807, 2.05) is 0 Å². The second-order valence-electron chi connectivity index (χ2n) is 7.45. The lowest BCUT2D eigenvalue weighted by atomic mass is 10.1. The fourth-order valence-corrected chi connectivity index (χ4v) is 4.02. The van der Waals surface area contributed by atoms with Gasteiger partial charge in [0, 0.05) is 25.5 Å². The third-order valence-corrected chi connectivity index (χ3v) is 6.66. The summed E-state index contributed by atoms with van der Waals surface area (Å²) in [6.45, 7) is 1.72. The summed E-state index contributed by atoms with van der Waals surface area (Å²) < 4.78 is 26.1. The first kappa shape index (κ1) is 23.1. The molecular weight excluding hydrogens is 426 g/mol. The van der Waals surface area contributed by atoms with Crippen LogP contribution in [0.25, 0.3) is 0 Å². The van der Waals surface area contributed by atoms with Crippen molar-refractivity contribution in [1.29, 1.82) is 0 Å². The summed E-state index contributed by atoms with van der Waals surface area (Å²) in [6, 6.07) is 19.0. The Morgan fingerprint density at radius 1 is 0.938 bits per heavy atom. The van der Waals surface area contributed by atoms with E-state index >= 15 is 0 Å². The van der Waals surface area contributed by atoms with Crippen LogP contribution in [-0.4, -0.2) is 32.7 Å². The van der Waals surface area contributed by atoms with Crippen molar-refractivity contribution in [2.75, 3.05) is 25.1 Å². The zero-order valence-electron chi connectivity index (χ0n) is 18.1. The van der Waals surface area contributed by atoms with Gasteiger partial charge in [0.25, 0.3) is 0 Å². The number of nitrogen functional groups attached to an aromatic ring is 1. The summed E-state index contributed by atoms with van der Waals surface area (Å²) >= 11 is 0. The Labute approximate surface area is 187 Å². The molecule has 3 rings (SSSR count). The number of benzene rings is 3. The molecule has 3 aromatic carbocycles. The molecule has 3 aromatic rings. The molecule has 0 saturated carbocycles. The van der Waals surface area contributed by atoms with Crippen LogP contribution in [0.1, 0.15) is 11.1 Å². The van der Waals surface area contributed by atoms with Crippen LogP contribution in [-0.2, 0) is 21.2 Å². The number of nitrogens with zero attached hydrogens (tertiary/aromatic N) is 3. The fourth-order valence-electron chi connectivity index (χ4n) is 2.88. The molecule has 0 aromatic heterocycles. The lowest BCUT2D eigenvalue weighted by Crippen LogP contribution is -2.23. The Morgan fingerprint density at radius 2 is 1.50 bits per heavy atom. The van der Waals surface area contributed by atoms with Gasteiger partial charge in [-0.15, -0.1) is 0 Å². The van der Waals surface area contributed by atoms with Crippen LogP contribution in [0.3, 0.4) is 0 Å². The number of nitrogens with two attached hydrogens (primary N) is 1. The highest BCUT2D eigenvalue weighted by Crippen LogP contribution is 2.23. The molecule has 0 bridgehead atoms. The van der Waals surface area contributed by atoms with Crippen LogP contribution in [0.2, 0.25) is 0 Å². The maximum absolute atomic E-state index is 12.5. The molecule has 0 aliphatic carbocycles. The Kier molecular flexibility index (Phi) is 7.01. The van der Waals surface area contributed by atoms with Gasteiger partial charge in [0.1, 0.15) is 0 Å². The first-order chi connectivity index (χ1) is 15.1. The average Bonchev–Trinajstić information content (AvgIpc) is 2.75. The van der Waals surface area contributed by atoms with Crippen molar-refractivity contribution in [2.45, 2.75) is 18.2 Å². The van der Waals surface area contributed by atoms with E-state index in [9.17, 15) is 13.2 Å². The van der Waals surface area contributed by atoms with Gasteiger partial charge in [-0.25, -0.2) is 12.7 Å². The fraction of sp³-hybridized carbons (Fsp3) is 0.174. The van der Waals surface area contributed by atoms with Gasteiger partial charge in [-0.3, -0.25) is 4.79 Å². The number of carbonyl (C=O) groups is 1. The minimum Gasteiger partial charge on any atom is -0.399 e. The first-order valence-corrected chi connectivity index (χ1v) is 11.3. The van der Waals surface area contributed by atoms with Gasteiger partial charge < -0.3 is 11.1 Å². The van der Waals surface area contributed by atoms with Crippen molar-refractivity contribution in [3.05, 3.63) is 77.9 Å². The lowest BCUT2D eigenvalue weighted by Gasteiger charge is -2.15. The molecule has 32 heavy (non-hydrogen) atoms. The highest BCUT2D eigenvalue weighted by Gasteiger charge is 2.20. The van der Waals surface area contributed by atoms with Crippen LogP contribution in [0.4, 0.5) is 22.7 Å².